The highest BCUT2D eigenvalue weighted by Crippen LogP contribution is 2.03. The number of hydrogen-bond acceptors (Lipinski definition) is 3. The number of nitrogens with zero attached hydrogens (tertiary/aromatic N) is 1. The Hall–Kier alpha value is -0.990. The molecule has 0 spiro atoms. The maximum atomic E-state index is 9.93. The van der Waals surface area contributed by atoms with Gasteiger partial charge in [0.15, 0.2) is 18.8 Å². The standard InChI is InChI=1S/C5H7NO2/c1-6-2-5(3-7)8-4-6/h2-3H,4H2,1H3. The smallest absolute Gasteiger partial charge is 0.186 e. The summed E-state index contributed by atoms with van der Waals surface area (Å²) in [4.78, 5) is 11.7. The zero-order valence-electron chi connectivity index (χ0n) is 4.63. The summed E-state index contributed by atoms with van der Waals surface area (Å²) >= 11 is 0. The van der Waals surface area contributed by atoms with Crippen LogP contribution >= 0.6 is 0 Å². The molecule has 3 nitrogen and oxygen atoms in total. The molecule has 0 bridgehead atoms. The predicted octanol–water partition coefficient (Wildman–Crippen LogP) is -0.0538. The molecule has 0 aromatic heterocycles. The Bertz CT molecular complexity index is 130. The van der Waals surface area contributed by atoms with Gasteiger partial charge in [0.05, 0.1) is 0 Å². The molecule has 0 aromatic carbocycles. The summed E-state index contributed by atoms with van der Waals surface area (Å²) in [5, 5.41) is 0. The van der Waals surface area contributed by atoms with Crippen molar-refractivity contribution in [2.75, 3.05) is 13.8 Å². The molecule has 0 saturated carbocycles. The van der Waals surface area contributed by atoms with Crippen LogP contribution < -0.4 is 0 Å². The Morgan fingerprint density at radius 2 is 2.75 bits per heavy atom. The van der Waals surface area contributed by atoms with E-state index in [0.717, 1.165) is 0 Å². The molecular weight excluding hydrogens is 106 g/mol. The van der Waals surface area contributed by atoms with E-state index in [9.17, 15) is 4.79 Å². The minimum absolute atomic E-state index is 0.410. The molecule has 0 atom stereocenters. The third-order valence-corrected chi connectivity index (χ3v) is 0.899. The third kappa shape index (κ3) is 0.804. The summed E-state index contributed by atoms with van der Waals surface area (Å²) in [6.07, 6.45) is 2.36. The van der Waals surface area contributed by atoms with Crippen molar-refractivity contribution < 1.29 is 9.53 Å². The molecule has 1 heterocycles. The first-order valence-corrected chi connectivity index (χ1v) is 2.33. The van der Waals surface area contributed by atoms with E-state index in [1.165, 1.54) is 0 Å². The predicted molar refractivity (Wildman–Crippen MR) is 27.9 cm³/mol. The molecule has 1 aliphatic heterocycles. The quantitative estimate of drug-likeness (QED) is 0.446. The van der Waals surface area contributed by atoms with E-state index in [1.807, 2.05) is 7.05 Å². The molecule has 0 unspecified atom stereocenters. The molecule has 8 heavy (non-hydrogen) atoms. The average molecular weight is 113 g/mol. The highest BCUT2D eigenvalue weighted by molar-refractivity contribution is 5.70. The molecule has 1 rings (SSSR count). The fraction of sp³-hybridized carbons (Fsp3) is 0.400. The van der Waals surface area contributed by atoms with Gasteiger partial charge in [-0.2, -0.15) is 0 Å². The van der Waals surface area contributed by atoms with E-state index in [4.69, 9.17) is 4.74 Å². The van der Waals surface area contributed by atoms with Crippen molar-refractivity contribution in [2.45, 2.75) is 0 Å². The van der Waals surface area contributed by atoms with E-state index >= 15 is 0 Å². The highest BCUT2D eigenvalue weighted by atomic mass is 16.5. The first-order valence-electron chi connectivity index (χ1n) is 2.33. The van der Waals surface area contributed by atoms with Crippen LogP contribution in [0.25, 0.3) is 0 Å². The van der Waals surface area contributed by atoms with Crippen molar-refractivity contribution >= 4 is 6.29 Å². The lowest BCUT2D eigenvalue weighted by Gasteiger charge is -2.00. The monoisotopic (exact) mass is 113 g/mol. The van der Waals surface area contributed by atoms with E-state index < -0.39 is 0 Å². The van der Waals surface area contributed by atoms with Crippen LogP contribution in [0, 0.1) is 0 Å². The van der Waals surface area contributed by atoms with Gasteiger partial charge in [-0.3, -0.25) is 4.79 Å². The number of allylic oxidation sites excluding steroid dienone is 1. The summed E-state index contributed by atoms with van der Waals surface area (Å²) in [5.41, 5.74) is 0. The maximum absolute atomic E-state index is 9.93. The van der Waals surface area contributed by atoms with E-state index in [2.05, 4.69) is 0 Å². The molecule has 0 radical (unpaired) electrons. The molecule has 3 heteroatoms. The van der Waals surface area contributed by atoms with Crippen LogP contribution in [-0.2, 0) is 9.53 Å². The Morgan fingerprint density at radius 3 is 3.00 bits per heavy atom. The van der Waals surface area contributed by atoms with Crippen molar-refractivity contribution in [3.63, 3.8) is 0 Å². The largest absolute Gasteiger partial charge is 0.468 e. The van der Waals surface area contributed by atoms with Crippen molar-refractivity contribution in [1.29, 1.82) is 0 Å². The average Bonchev–Trinajstić information content (AvgIpc) is 2.14. The van der Waals surface area contributed by atoms with Gasteiger partial charge in [-0.1, -0.05) is 0 Å². The molecule has 0 N–H and O–H groups in total. The van der Waals surface area contributed by atoms with Gasteiger partial charge in [0, 0.05) is 13.2 Å². The van der Waals surface area contributed by atoms with Gasteiger partial charge >= 0.3 is 0 Å². The number of rotatable bonds is 1. The van der Waals surface area contributed by atoms with Crippen LogP contribution in [0.4, 0.5) is 0 Å². The van der Waals surface area contributed by atoms with Crippen LogP contribution in [0.2, 0.25) is 0 Å². The minimum Gasteiger partial charge on any atom is -0.468 e. The number of aldehydes is 1. The molecular formula is C5H7NO2. The lowest BCUT2D eigenvalue weighted by atomic mass is 10.6. The second-order valence-corrected chi connectivity index (χ2v) is 1.68. The van der Waals surface area contributed by atoms with Crippen LogP contribution in [-0.4, -0.2) is 25.0 Å². The SMILES string of the molecule is CN1C=C(C=O)OC1. The Kier molecular flexibility index (Phi) is 1.20. The Balaban J connectivity index is 2.56. The summed E-state index contributed by atoms with van der Waals surface area (Å²) in [6, 6.07) is 0. The zero-order chi connectivity index (χ0) is 5.98. The molecule has 0 aliphatic carbocycles. The normalized spacial score (nSPS) is 17.6. The second-order valence-electron chi connectivity index (χ2n) is 1.68. The van der Waals surface area contributed by atoms with Gasteiger partial charge in [-0.15, -0.1) is 0 Å². The molecule has 0 fully saturated rings. The van der Waals surface area contributed by atoms with Gasteiger partial charge in [0.25, 0.3) is 0 Å². The molecule has 0 amide bonds. The number of hydrogen-bond donors (Lipinski definition) is 0. The van der Waals surface area contributed by atoms with Gasteiger partial charge < -0.3 is 9.64 Å². The molecule has 44 valence electrons. The summed E-state index contributed by atoms with van der Waals surface area (Å²) in [5.74, 6) is 0.410. The fourth-order valence-electron chi connectivity index (χ4n) is 0.533. The first-order chi connectivity index (χ1) is 3.83. The van der Waals surface area contributed by atoms with Crippen LogP contribution in [0.3, 0.4) is 0 Å². The van der Waals surface area contributed by atoms with Crippen molar-refractivity contribution in [1.82, 2.24) is 4.90 Å². The van der Waals surface area contributed by atoms with E-state index in [1.54, 1.807) is 11.1 Å². The number of carbonyl (C=O) groups excluding carboxylic acids is 1. The lowest BCUT2D eigenvalue weighted by Crippen LogP contribution is -2.06. The van der Waals surface area contributed by atoms with Crippen LogP contribution in [0.5, 0.6) is 0 Å². The molecule has 1 aliphatic rings. The van der Waals surface area contributed by atoms with E-state index in [0.29, 0.717) is 18.8 Å². The number of ether oxygens (including phenoxy) is 1. The summed E-state index contributed by atoms with van der Waals surface area (Å²) in [7, 11) is 1.84. The van der Waals surface area contributed by atoms with Gasteiger partial charge in [0.1, 0.15) is 0 Å². The fourth-order valence-corrected chi connectivity index (χ4v) is 0.533. The third-order valence-electron chi connectivity index (χ3n) is 0.899. The van der Waals surface area contributed by atoms with Crippen molar-refractivity contribution in [3.8, 4) is 0 Å². The lowest BCUT2D eigenvalue weighted by molar-refractivity contribution is -0.107. The van der Waals surface area contributed by atoms with Gasteiger partial charge in [0.2, 0.25) is 0 Å². The van der Waals surface area contributed by atoms with Gasteiger partial charge in [-0.05, 0) is 0 Å². The molecule has 0 aromatic rings. The van der Waals surface area contributed by atoms with Crippen LogP contribution in [0.15, 0.2) is 12.0 Å². The minimum atomic E-state index is 0.410. The van der Waals surface area contributed by atoms with Crippen molar-refractivity contribution in [3.05, 3.63) is 12.0 Å². The second kappa shape index (κ2) is 1.86. The topological polar surface area (TPSA) is 29.5 Å². The summed E-state index contributed by atoms with van der Waals surface area (Å²) < 4.78 is 4.83. The van der Waals surface area contributed by atoms with Crippen molar-refractivity contribution in [2.24, 2.45) is 0 Å². The first kappa shape index (κ1) is 5.15. The zero-order valence-corrected chi connectivity index (χ0v) is 4.63. The highest BCUT2D eigenvalue weighted by Gasteiger charge is 2.06. The maximum Gasteiger partial charge on any atom is 0.186 e. The molecule has 0 saturated heterocycles. The Labute approximate surface area is 47.5 Å². The number of carbonyl (C=O) groups is 1. The summed E-state index contributed by atoms with van der Waals surface area (Å²) in [6.45, 7) is 0.494. The van der Waals surface area contributed by atoms with E-state index in [-0.39, 0.29) is 0 Å². The Morgan fingerprint density at radius 1 is 2.00 bits per heavy atom. The van der Waals surface area contributed by atoms with Gasteiger partial charge in [-0.25, -0.2) is 0 Å². The van der Waals surface area contributed by atoms with Crippen LogP contribution in [0.1, 0.15) is 0 Å².